The highest BCUT2D eigenvalue weighted by molar-refractivity contribution is 7.10. The van der Waals surface area contributed by atoms with Gasteiger partial charge in [-0.1, -0.05) is 57.2 Å². The summed E-state index contributed by atoms with van der Waals surface area (Å²) in [4.78, 5) is 13.5. The molecule has 21 heavy (non-hydrogen) atoms. The van der Waals surface area contributed by atoms with Gasteiger partial charge in [-0.3, -0.25) is 4.79 Å². The van der Waals surface area contributed by atoms with E-state index in [9.17, 15) is 4.79 Å². The summed E-state index contributed by atoms with van der Waals surface area (Å²) in [5.41, 5.74) is 6.87. The van der Waals surface area contributed by atoms with Gasteiger partial charge < -0.3 is 11.1 Å². The standard InChI is InChI=1S/C17H22N2OS/c1-17(2,3)15(18)16(20)19-14(13-10-7-11-21-13)12-8-5-4-6-9-12/h4-11,14-15H,18H2,1-3H3,(H,19,20)/t14?,15-/m0/s1. The highest BCUT2D eigenvalue weighted by Crippen LogP contribution is 2.27. The zero-order valence-electron chi connectivity index (χ0n) is 12.7. The third kappa shape index (κ3) is 3.93. The lowest BCUT2D eigenvalue weighted by molar-refractivity contribution is -0.125. The van der Waals surface area contributed by atoms with Gasteiger partial charge in [-0.15, -0.1) is 11.3 Å². The fourth-order valence-corrected chi connectivity index (χ4v) is 2.85. The Labute approximate surface area is 130 Å². The second kappa shape index (κ2) is 6.41. The Morgan fingerprint density at radius 2 is 1.81 bits per heavy atom. The van der Waals surface area contributed by atoms with E-state index < -0.39 is 6.04 Å². The first-order chi connectivity index (χ1) is 9.89. The monoisotopic (exact) mass is 302 g/mol. The van der Waals surface area contributed by atoms with E-state index in [4.69, 9.17) is 5.73 Å². The number of nitrogens with two attached hydrogens (primary N) is 1. The Bertz CT molecular complexity index is 573. The molecule has 0 saturated carbocycles. The maximum absolute atomic E-state index is 12.4. The van der Waals surface area contributed by atoms with Crippen LogP contribution in [0.5, 0.6) is 0 Å². The molecule has 3 N–H and O–H groups in total. The van der Waals surface area contributed by atoms with E-state index in [0.29, 0.717) is 0 Å². The molecule has 2 rings (SSSR count). The molecule has 0 aliphatic carbocycles. The van der Waals surface area contributed by atoms with Crippen LogP contribution in [0.2, 0.25) is 0 Å². The first kappa shape index (κ1) is 15.7. The van der Waals surface area contributed by atoms with Gasteiger partial charge in [0.15, 0.2) is 0 Å². The van der Waals surface area contributed by atoms with Crippen molar-refractivity contribution in [2.75, 3.05) is 0 Å². The molecular formula is C17H22N2OS. The average molecular weight is 302 g/mol. The maximum Gasteiger partial charge on any atom is 0.238 e. The number of thiophene rings is 1. The van der Waals surface area contributed by atoms with Crippen LogP contribution in [0.15, 0.2) is 47.8 Å². The van der Waals surface area contributed by atoms with Crippen LogP contribution in [0.25, 0.3) is 0 Å². The molecule has 0 bridgehead atoms. The summed E-state index contributed by atoms with van der Waals surface area (Å²) >= 11 is 1.63. The van der Waals surface area contributed by atoms with Crippen molar-refractivity contribution in [2.24, 2.45) is 11.1 Å². The van der Waals surface area contributed by atoms with E-state index in [1.54, 1.807) is 11.3 Å². The Morgan fingerprint density at radius 3 is 2.33 bits per heavy atom. The SMILES string of the molecule is CC(C)(C)[C@@H](N)C(=O)NC(c1ccccc1)c1cccs1. The van der Waals surface area contributed by atoms with Crippen molar-refractivity contribution in [3.63, 3.8) is 0 Å². The summed E-state index contributed by atoms with van der Waals surface area (Å²) < 4.78 is 0. The van der Waals surface area contributed by atoms with Crippen LogP contribution in [-0.4, -0.2) is 11.9 Å². The quantitative estimate of drug-likeness (QED) is 0.910. The van der Waals surface area contributed by atoms with Crippen LogP contribution in [0.1, 0.15) is 37.3 Å². The fraction of sp³-hybridized carbons (Fsp3) is 0.353. The molecule has 2 atom stereocenters. The molecule has 0 aliphatic heterocycles. The van der Waals surface area contributed by atoms with E-state index in [-0.39, 0.29) is 17.4 Å². The zero-order chi connectivity index (χ0) is 15.5. The highest BCUT2D eigenvalue weighted by Gasteiger charge is 2.29. The van der Waals surface area contributed by atoms with Gasteiger partial charge >= 0.3 is 0 Å². The molecule has 3 nitrogen and oxygen atoms in total. The van der Waals surface area contributed by atoms with Crippen molar-refractivity contribution in [1.82, 2.24) is 5.32 Å². The van der Waals surface area contributed by atoms with Crippen LogP contribution in [-0.2, 0) is 4.79 Å². The molecular weight excluding hydrogens is 280 g/mol. The second-order valence-electron chi connectivity index (χ2n) is 6.21. The van der Waals surface area contributed by atoms with Crippen molar-refractivity contribution in [2.45, 2.75) is 32.9 Å². The number of carbonyl (C=O) groups excluding carboxylic acids is 1. The largest absolute Gasteiger partial charge is 0.343 e. The first-order valence-electron chi connectivity index (χ1n) is 7.04. The summed E-state index contributed by atoms with van der Waals surface area (Å²) in [7, 11) is 0. The highest BCUT2D eigenvalue weighted by atomic mass is 32.1. The Balaban J connectivity index is 2.24. The summed E-state index contributed by atoms with van der Waals surface area (Å²) in [6.45, 7) is 5.92. The predicted octanol–water partition coefficient (Wildman–Crippen LogP) is 3.33. The molecule has 0 aliphatic rings. The van der Waals surface area contributed by atoms with Crippen LogP contribution in [0.4, 0.5) is 0 Å². The van der Waals surface area contributed by atoms with E-state index in [0.717, 1.165) is 10.4 Å². The minimum atomic E-state index is -0.538. The summed E-state index contributed by atoms with van der Waals surface area (Å²) in [5, 5.41) is 5.10. The van der Waals surface area contributed by atoms with Gasteiger partial charge in [-0.05, 0) is 22.4 Å². The number of benzene rings is 1. The molecule has 4 heteroatoms. The fourth-order valence-electron chi connectivity index (χ4n) is 2.05. The summed E-state index contributed by atoms with van der Waals surface area (Å²) in [6.07, 6.45) is 0. The third-order valence-corrected chi connectivity index (χ3v) is 4.40. The number of hydrogen-bond acceptors (Lipinski definition) is 3. The van der Waals surface area contributed by atoms with Crippen molar-refractivity contribution in [3.05, 3.63) is 58.3 Å². The van der Waals surface area contributed by atoms with Gasteiger partial charge in [-0.2, -0.15) is 0 Å². The molecule has 0 spiro atoms. The Hall–Kier alpha value is -1.65. The predicted molar refractivity (Wildman–Crippen MR) is 88.2 cm³/mol. The Kier molecular flexibility index (Phi) is 4.80. The summed E-state index contributed by atoms with van der Waals surface area (Å²) in [6, 6.07) is 13.3. The van der Waals surface area contributed by atoms with Gasteiger partial charge in [0, 0.05) is 4.88 Å². The normalized spacial score (nSPS) is 14.5. The zero-order valence-corrected chi connectivity index (χ0v) is 13.5. The van der Waals surface area contributed by atoms with Crippen LogP contribution < -0.4 is 11.1 Å². The van der Waals surface area contributed by atoms with Crippen LogP contribution in [0.3, 0.4) is 0 Å². The van der Waals surface area contributed by atoms with Crippen molar-refractivity contribution >= 4 is 17.2 Å². The molecule has 0 radical (unpaired) electrons. The van der Waals surface area contributed by atoms with E-state index in [1.165, 1.54) is 0 Å². The second-order valence-corrected chi connectivity index (χ2v) is 7.19. The molecule has 1 aromatic carbocycles. The summed E-state index contributed by atoms with van der Waals surface area (Å²) in [5.74, 6) is -0.121. The van der Waals surface area contributed by atoms with Crippen molar-refractivity contribution < 1.29 is 4.79 Å². The van der Waals surface area contributed by atoms with Gasteiger partial charge in [0.05, 0.1) is 12.1 Å². The minimum absolute atomic E-state index is 0.121. The lowest BCUT2D eigenvalue weighted by Gasteiger charge is -2.28. The van der Waals surface area contributed by atoms with Gasteiger partial charge in [-0.25, -0.2) is 0 Å². The average Bonchev–Trinajstić information content (AvgIpc) is 2.97. The minimum Gasteiger partial charge on any atom is -0.343 e. The van der Waals surface area contributed by atoms with Crippen LogP contribution in [0, 0.1) is 5.41 Å². The lowest BCUT2D eigenvalue weighted by atomic mass is 9.86. The molecule has 1 amide bonds. The molecule has 1 heterocycles. The molecule has 1 unspecified atom stereocenters. The van der Waals surface area contributed by atoms with Crippen LogP contribution >= 0.6 is 11.3 Å². The van der Waals surface area contributed by atoms with Crippen molar-refractivity contribution in [3.8, 4) is 0 Å². The van der Waals surface area contributed by atoms with Crippen molar-refractivity contribution in [1.29, 1.82) is 0 Å². The van der Waals surface area contributed by atoms with Gasteiger partial charge in [0.25, 0.3) is 0 Å². The third-order valence-electron chi connectivity index (χ3n) is 3.46. The van der Waals surface area contributed by atoms with E-state index in [1.807, 2.05) is 68.6 Å². The molecule has 0 fully saturated rings. The number of hydrogen-bond donors (Lipinski definition) is 2. The molecule has 1 aromatic heterocycles. The Morgan fingerprint density at radius 1 is 1.14 bits per heavy atom. The van der Waals surface area contributed by atoms with Gasteiger partial charge in [0.1, 0.15) is 0 Å². The number of nitrogens with one attached hydrogen (secondary N) is 1. The first-order valence-corrected chi connectivity index (χ1v) is 7.92. The van der Waals surface area contributed by atoms with Gasteiger partial charge in [0.2, 0.25) is 5.91 Å². The maximum atomic E-state index is 12.4. The molecule has 2 aromatic rings. The number of amides is 1. The topological polar surface area (TPSA) is 55.1 Å². The lowest BCUT2D eigenvalue weighted by Crippen LogP contribution is -2.49. The number of carbonyl (C=O) groups is 1. The van der Waals surface area contributed by atoms with E-state index in [2.05, 4.69) is 5.32 Å². The smallest absolute Gasteiger partial charge is 0.238 e. The van der Waals surface area contributed by atoms with E-state index >= 15 is 0 Å². The number of rotatable bonds is 4. The molecule has 0 saturated heterocycles. The molecule has 112 valence electrons.